The summed E-state index contributed by atoms with van der Waals surface area (Å²) in [6.45, 7) is 12.7. The molecule has 0 saturated heterocycles. The molecule has 170 valence electrons. The van der Waals surface area contributed by atoms with Gasteiger partial charge in [0.05, 0.1) is 25.2 Å². The van der Waals surface area contributed by atoms with Crippen LogP contribution in [0.15, 0.2) is 0 Å². The van der Waals surface area contributed by atoms with E-state index in [1.54, 1.807) is 6.92 Å². The number of nitrogens with one attached hydrogen (secondary N) is 1. The van der Waals surface area contributed by atoms with E-state index in [0.29, 0.717) is 18.8 Å². The maximum atomic E-state index is 11.5. The first-order chi connectivity index (χ1) is 14.0. The molecule has 6 nitrogen and oxygen atoms in total. The molecule has 30 heavy (non-hydrogen) atoms. The highest BCUT2D eigenvalue weighted by Gasteiger charge is 2.36. The highest BCUT2D eigenvalue weighted by Crippen LogP contribution is 2.47. The Bertz CT molecular complexity index is 757. The molecule has 2 rings (SSSR count). The second kappa shape index (κ2) is 10.0. The van der Waals surface area contributed by atoms with Crippen LogP contribution in [-0.4, -0.2) is 47.6 Å². The van der Waals surface area contributed by atoms with Crippen molar-refractivity contribution in [2.75, 3.05) is 19.0 Å². The van der Waals surface area contributed by atoms with Crippen LogP contribution in [0.4, 0.5) is 5.69 Å². The zero-order chi connectivity index (χ0) is 22.6. The number of hydrogen-bond donors (Lipinski definition) is 3. The summed E-state index contributed by atoms with van der Waals surface area (Å²) in [5.74, 6) is 0.815. The van der Waals surface area contributed by atoms with Gasteiger partial charge >= 0.3 is 5.97 Å². The monoisotopic (exact) mass is 421 g/mol. The van der Waals surface area contributed by atoms with Crippen molar-refractivity contribution >= 4 is 11.7 Å². The standard InChI is InChI=1S/C24H39NO5/c1-8-29-20(28)12-17(27)11-16(26)9-10-18-21(14(2)3)22(25-7)15(4)19-13-24(5,6)30-23(18)19/h14,16-17,25-27H,8-13H2,1-7H3. The van der Waals surface area contributed by atoms with E-state index in [2.05, 4.69) is 39.9 Å². The van der Waals surface area contributed by atoms with Gasteiger partial charge in [-0.1, -0.05) is 13.8 Å². The molecule has 3 N–H and O–H groups in total. The quantitative estimate of drug-likeness (QED) is 0.497. The Morgan fingerprint density at radius 2 is 1.93 bits per heavy atom. The molecule has 1 aliphatic heterocycles. The van der Waals surface area contributed by atoms with Crippen LogP contribution in [0.1, 0.15) is 82.1 Å². The SMILES string of the molecule is CCOC(=O)CC(O)CC(O)CCc1c2c(c(C)c(NC)c1C(C)C)CC(C)(C)O2. The van der Waals surface area contributed by atoms with E-state index in [1.807, 2.05) is 7.05 Å². The minimum Gasteiger partial charge on any atom is -0.487 e. The molecule has 1 aromatic carbocycles. The van der Waals surface area contributed by atoms with Gasteiger partial charge in [-0.15, -0.1) is 0 Å². The normalized spacial score (nSPS) is 16.7. The average Bonchev–Trinajstić information content (AvgIpc) is 2.96. The topological polar surface area (TPSA) is 88.0 Å². The summed E-state index contributed by atoms with van der Waals surface area (Å²) in [7, 11) is 1.95. The van der Waals surface area contributed by atoms with Gasteiger partial charge in [0, 0.05) is 30.3 Å². The predicted octanol–water partition coefficient (Wildman–Crippen LogP) is 3.87. The first kappa shape index (κ1) is 24.5. The summed E-state index contributed by atoms with van der Waals surface area (Å²) in [4.78, 5) is 11.5. The Hall–Kier alpha value is -1.79. The summed E-state index contributed by atoms with van der Waals surface area (Å²) in [6.07, 6.45) is 0.429. The zero-order valence-electron chi connectivity index (χ0n) is 19.6. The Labute approximate surface area is 181 Å². The third kappa shape index (κ3) is 5.67. The summed E-state index contributed by atoms with van der Waals surface area (Å²) in [6, 6.07) is 0. The predicted molar refractivity (Wildman–Crippen MR) is 119 cm³/mol. The number of hydrogen-bond acceptors (Lipinski definition) is 6. The molecule has 0 saturated carbocycles. The van der Waals surface area contributed by atoms with Crippen LogP contribution >= 0.6 is 0 Å². The number of anilines is 1. The minimum atomic E-state index is -0.907. The molecule has 6 heteroatoms. The first-order valence-corrected chi connectivity index (χ1v) is 11.1. The number of fused-ring (bicyclic) bond motifs is 1. The molecule has 1 aromatic rings. The summed E-state index contributed by atoms with van der Waals surface area (Å²) in [5.41, 5.74) is 5.73. The number of carbonyl (C=O) groups excluding carboxylic acids is 1. The second-order valence-electron chi connectivity index (χ2n) is 9.23. The van der Waals surface area contributed by atoms with Crippen LogP contribution in [0.25, 0.3) is 0 Å². The molecule has 0 bridgehead atoms. The number of carbonyl (C=O) groups is 1. The van der Waals surface area contributed by atoms with Gasteiger partial charge in [0.15, 0.2) is 0 Å². The number of aliphatic hydroxyl groups is 2. The lowest BCUT2D eigenvalue weighted by Crippen LogP contribution is -2.25. The van der Waals surface area contributed by atoms with Crippen molar-refractivity contribution < 1.29 is 24.5 Å². The highest BCUT2D eigenvalue weighted by molar-refractivity contribution is 5.70. The fourth-order valence-corrected chi connectivity index (χ4v) is 4.50. The van der Waals surface area contributed by atoms with Gasteiger partial charge < -0.3 is 25.0 Å². The smallest absolute Gasteiger partial charge is 0.308 e. The van der Waals surface area contributed by atoms with E-state index in [9.17, 15) is 15.0 Å². The molecule has 0 spiro atoms. The fraction of sp³-hybridized carbons (Fsp3) is 0.708. The van der Waals surface area contributed by atoms with Crippen molar-refractivity contribution in [1.82, 2.24) is 0 Å². The Morgan fingerprint density at radius 1 is 1.27 bits per heavy atom. The van der Waals surface area contributed by atoms with Gasteiger partial charge in [0.25, 0.3) is 0 Å². The molecule has 0 radical (unpaired) electrons. The number of rotatable bonds is 10. The van der Waals surface area contributed by atoms with Crippen LogP contribution < -0.4 is 10.1 Å². The third-order valence-electron chi connectivity index (χ3n) is 5.76. The molecule has 1 aliphatic rings. The molecular weight excluding hydrogens is 382 g/mol. The fourth-order valence-electron chi connectivity index (χ4n) is 4.50. The van der Waals surface area contributed by atoms with E-state index in [1.165, 1.54) is 16.7 Å². The summed E-state index contributed by atoms with van der Waals surface area (Å²) >= 11 is 0. The third-order valence-corrected chi connectivity index (χ3v) is 5.76. The summed E-state index contributed by atoms with van der Waals surface area (Å²) < 4.78 is 11.2. The van der Waals surface area contributed by atoms with E-state index in [-0.39, 0.29) is 25.0 Å². The molecule has 0 aromatic heterocycles. The van der Waals surface area contributed by atoms with Crippen molar-refractivity contribution in [3.05, 3.63) is 22.3 Å². The Balaban J connectivity index is 2.23. The van der Waals surface area contributed by atoms with Gasteiger partial charge in [-0.25, -0.2) is 0 Å². The van der Waals surface area contributed by atoms with Crippen molar-refractivity contribution in [3.63, 3.8) is 0 Å². The minimum absolute atomic E-state index is 0.0940. The van der Waals surface area contributed by atoms with E-state index in [0.717, 1.165) is 23.4 Å². The van der Waals surface area contributed by atoms with Gasteiger partial charge in [-0.2, -0.15) is 0 Å². The zero-order valence-corrected chi connectivity index (χ0v) is 19.6. The number of esters is 1. The van der Waals surface area contributed by atoms with Crippen LogP contribution in [-0.2, 0) is 22.4 Å². The maximum Gasteiger partial charge on any atom is 0.308 e. The van der Waals surface area contributed by atoms with Crippen molar-refractivity contribution in [2.45, 2.75) is 97.4 Å². The Kier molecular flexibility index (Phi) is 8.17. The highest BCUT2D eigenvalue weighted by atomic mass is 16.5. The molecule has 2 atom stereocenters. The number of benzene rings is 1. The van der Waals surface area contributed by atoms with Gasteiger partial charge in [0.2, 0.25) is 0 Å². The van der Waals surface area contributed by atoms with Gasteiger partial charge in [-0.3, -0.25) is 4.79 Å². The molecule has 0 fully saturated rings. The molecule has 1 heterocycles. The second-order valence-corrected chi connectivity index (χ2v) is 9.23. The Morgan fingerprint density at radius 3 is 2.50 bits per heavy atom. The number of aliphatic hydroxyl groups excluding tert-OH is 2. The van der Waals surface area contributed by atoms with Gasteiger partial charge in [0.1, 0.15) is 11.4 Å². The van der Waals surface area contributed by atoms with Crippen LogP contribution in [0.3, 0.4) is 0 Å². The molecule has 2 unspecified atom stereocenters. The largest absolute Gasteiger partial charge is 0.487 e. The van der Waals surface area contributed by atoms with Crippen molar-refractivity contribution in [2.24, 2.45) is 0 Å². The van der Waals surface area contributed by atoms with Crippen LogP contribution in [0, 0.1) is 6.92 Å². The maximum absolute atomic E-state index is 11.5. The van der Waals surface area contributed by atoms with Crippen molar-refractivity contribution in [3.8, 4) is 5.75 Å². The van der Waals surface area contributed by atoms with E-state index >= 15 is 0 Å². The van der Waals surface area contributed by atoms with Gasteiger partial charge in [-0.05, 0) is 64.0 Å². The number of ether oxygens (including phenoxy) is 2. The lowest BCUT2D eigenvalue weighted by Gasteiger charge is -2.25. The van der Waals surface area contributed by atoms with Crippen LogP contribution in [0.2, 0.25) is 0 Å². The lowest BCUT2D eigenvalue weighted by molar-refractivity contribution is -0.145. The average molecular weight is 422 g/mol. The first-order valence-electron chi connectivity index (χ1n) is 11.1. The lowest BCUT2D eigenvalue weighted by atomic mass is 9.85. The van der Waals surface area contributed by atoms with E-state index in [4.69, 9.17) is 9.47 Å². The molecular formula is C24H39NO5. The van der Waals surface area contributed by atoms with Crippen LogP contribution in [0.5, 0.6) is 5.75 Å². The molecule has 0 amide bonds. The van der Waals surface area contributed by atoms with E-state index < -0.39 is 18.2 Å². The van der Waals surface area contributed by atoms with Crippen molar-refractivity contribution in [1.29, 1.82) is 0 Å². The summed E-state index contributed by atoms with van der Waals surface area (Å²) in [5, 5.41) is 24.0. The molecule has 0 aliphatic carbocycles.